The van der Waals surface area contributed by atoms with Gasteiger partial charge in [-0.1, -0.05) is 53.4 Å². The van der Waals surface area contributed by atoms with Gasteiger partial charge in [-0.15, -0.1) is 5.17 Å². The van der Waals surface area contributed by atoms with E-state index < -0.39 is 21.8 Å². The number of amides is 2. The van der Waals surface area contributed by atoms with Gasteiger partial charge in [0.1, 0.15) is 18.1 Å². The summed E-state index contributed by atoms with van der Waals surface area (Å²) in [4.78, 5) is 26.1. The number of sulfonamides is 1. The predicted octanol–water partition coefficient (Wildman–Crippen LogP) is 3.71. The molecule has 0 aliphatic heterocycles. The van der Waals surface area contributed by atoms with Crippen LogP contribution in [0.2, 0.25) is 0 Å². The van der Waals surface area contributed by atoms with Gasteiger partial charge in [0.15, 0.2) is 0 Å². The van der Waals surface area contributed by atoms with Crippen molar-refractivity contribution in [1.82, 2.24) is 15.5 Å². The Hall–Kier alpha value is -4.75. The first-order chi connectivity index (χ1) is 19.7. The van der Waals surface area contributed by atoms with Gasteiger partial charge in [0.25, 0.3) is 21.8 Å². The minimum absolute atomic E-state index is 0.0399. The van der Waals surface area contributed by atoms with Crippen molar-refractivity contribution in [3.63, 3.8) is 0 Å². The van der Waals surface area contributed by atoms with Gasteiger partial charge >= 0.3 is 0 Å². The second-order valence-corrected chi connectivity index (χ2v) is 10.4. The van der Waals surface area contributed by atoms with Crippen molar-refractivity contribution in [2.45, 2.75) is 17.9 Å². The van der Waals surface area contributed by atoms with Crippen molar-refractivity contribution >= 4 is 21.8 Å². The number of rotatable bonds is 11. The molecule has 11 nitrogen and oxygen atoms in total. The maximum absolute atomic E-state index is 13.2. The third-order valence-corrected chi connectivity index (χ3v) is 7.39. The Morgan fingerprint density at radius 2 is 1.56 bits per heavy atom. The Labute approximate surface area is 236 Å². The summed E-state index contributed by atoms with van der Waals surface area (Å²) in [5.74, 6) is -0.941. The molecule has 0 atom stereocenters. The van der Waals surface area contributed by atoms with Crippen LogP contribution < -0.4 is 19.8 Å². The quantitative estimate of drug-likeness (QED) is 0.155. The molecule has 4 aromatic rings. The van der Waals surface area contributed by atoms with Crippen LogP contribution in [0.15, 0.2) is 102 Å². The van der Waals surface area contributed by atoms with E-state index in [9.17, 15) is 23.2 Å². The standard InChI is InChI=1S/C29H27N3O8S/c1-39-25-14-15-27(24(18-25)16-20-6-3-2-4-7-20)41(37,38)31-32(36)29(34)23-8-5-9-26(17-23)40-19-21-10-12-22(13-11-21)28(33)30-35/h2-15,17-18,31,35-36H,16,19H2,1H3,(H,30,33). The zero-order valence-corrected chi connectivity index (χ0v) is 22.7. The van der Waals surface area contributed by atoms with E-state index in [1.165, 1.54) is 49.6 Å². The van der Waals surface area contributed by atoms with E-state index in [4.69, 9.17) is 14.7 Å². The van der Waals surface area contributed by atoms with Gasteiger partial charge < -0.3 is 9.47 Å². The lowest BCUT2D eigenvalue weighted by Gasteiger charge is -2.18. The Balaban J connectivity index is 1.46. The predicted molar refractivity (Wildman–Crippen MR) is 147 cm³/mol. The monoisotopic (exact) mass is 577 g/mol. The fourth-order valence-corrected chi connectivity index (χ4v) is 5.06. The number of carbonyl (C=O) groups excluding carboxylic acids is 2. The Morgan fingerprint density at radius 3 is 2.24 bits per heavy atom. The maximum atomic E-state index is 13.2. The molecule has 0 bridgehead atoms. The lowest BCUT2D eigenvalue weighted by atomic mass is 10.0. The van der Waals surface area contributed by atoms with Gasteiger partial charge in [-0.3, -0.25) is 20.0 Å². The number of benzene rings is 4. The van der Waals surface area contributed by atoms with Gasteiger partial charge in [-0.25, -0.2) is 13.9 Å². The summed E-state index contributed by atoms with van der Waals surface area (Å²) in [6, 6.07) is 25.8. The number of ether oxygens (including phenoxy) is 2. The van der Waals surface area contributed by atoms with Crippen LogP contribution in [0.5, 0.6) is 11.5 Å². The number of hydrogen-bond acceptors (Lipinski definition) is 8. The van der Waals surface area contributed by atoms with Crippen LogP contribution in [-0.2, 0) is 23.1 Å². The minimum atomic E-state index is -4.38. The summed E-state index contributed by atoms with van der Waals surface area (Å²) in [6.07, 6.45) is 0.268. The first kappa shape index (κ1) is 29.2. The maximum Gasteiger partial charge on any atom is 0.293 e. The zero-order valence-electron chi connectivity index (χ0n) is 21.9. The lowest BCUT2D eigenvalue weighted by Crippen LogP contribution is -2.44. The van der Waals surface area contributed by atoms with Crippen molar-refractivity contribution < 1.29 is 37.9 Å². The van der Waals surface area contributed by atoms with Crippen LogP contribution in [0.1, 0.15) is 37.4 Å². The molecule has 41 heavy (non-hydrogen) atoms. The molecule has 0 aliphatic rings. The number of hydrogen-bond donors (Lipinski definition) is 4. The molecule has 0 unspecified atom stereocenters. The van der Waals surface area contributed by atoms with E-state index in [2.05, 4.69) is 0 Å². The van der Waals surface area contributed by atoms with E-state index in [1.54, 1.807) is 29.7 Å². The van der Waals surface area contributed by atoms with E-state index in [-0.39, 0.29) is 40.0 Å². The van der Waals surface area contributed by atoms with E-state index >= 15 is 0 Å². The highest BCUT2D eigenvalue weighted by atomic mass is 32.2. The average Bonchev–Trinajstić information content (AvgIpc) is 2.99. The molecule has 4 rings (SSSR count). The number of hydrazine groups is 1. The number of nitrogens with zero attached hydrogens (tertiary/aromatic N) is 1. The van der Waals surface area contributed by atoms with Crippen LogP contribution in [0.25, 0.3) is 0 Å². The molecular formula is C29H27N3O8S. The van der Waals surface area contributed by atoms with Gasteiger partial charge in [-0.05, 0) is 71.6 Å². The molecule has 0 saturated carbocycles. The second-order valence-electron chi connectivity index (χ2n) is 8.80. The highest BCUT2D eigenvalue weighted by Gasteiger charge is 2.25. The number of hydroxylamine groups is 2. The van der Waals surface area contributed by atoms with Crippen molar-refractivity contribution in [1.29, 1.82) is 0 Å². The van der Waals surface area contributed by atoms with Crippen molar-refractivity contribution in [2.75, 3.05) is 7.11 Å². The molecule has 0 aromatic heterocycles. The highest BCUT2D eigenvalue weighted by molar-refractivity contribution is 7.89. The van der Waals surface area contributed by atoms with Crippen LogP contribution in [-0.4, -0.2) is 42.9 Å². The third-order valence-electron chi connectivity index (χ3n) is 6.00. The first-order valence-corrected chi connectivity index (χ1v) is 13.7. The molecule has 4 N–H and O–H groups in total. The summed E-state index contributed by atoms with van der Waals surface area (Å²) in [7, 11) is -2.92. The number of carbonyl (C=O) groups is 2. The molecule has 2 amide bonds. The van der Waals surface area contributed by atoms with Crippen LogP contribution >= 0.6 is 0 Å². The fraction of sp³-hybridized carbons (Fsp3) is 0.103. The number of methoxy groups -OCH3 is 1. The Morgan fingerprint density at radius 1 is 0.829 bits per heavy atom. The largest absolute Gasteiger partial charge is 0.497 e. The summed E-state index contributed by atoms with van der Waals surface area (Å²) < 4.78 is 37.4. The second kappa shape index (κ2) is 13.1. The third kappa shape index (κ3) is 7.47. The summed E-state index contributed by atoms with van der Waals surface area (Å²) in [6.45, 7) is 0.0931. The summed E-state index contributed by atoms with van der Waals surface area (Å²) >= 11 is 0. The van der Waals surface area contributed by atoms with E-state index in [0.29, 0.717) is 16.9 Å². The molecule has 212 valence electrons. The molecule has 0 fully saturated rings. The zero-order chi connectivity index (χ0) is 29.4. The van der Waals surface area contributed by atoms with Crippen LogP contribution in [0.4, 0.5) is 0 Å². The summed E-state index contributed by atoms with van der Waals surface area (Å²) in [5, 5.41) is 19.0. The molecule has 0 radical (unpaired) electrons. The minimum Gasteiger partial charge on any atom is -0.497 e. The average molecular weight is 578 g/mol. The Bertz CT molecular complexity index is 1630. The number of nitrogens with one attached hydrogen (secondary N) is 2. The highest BCUT2D eigenvalue weighted by Crippen LogP contribution is 2.25. The van der Waals surface area contributed by atoms with E-state index in [1.807, 2.05) is 35.2 Å². The molecule has 12 heteroatoms. The molecule has 0 aliphatic carbocycles. The first-order valence-electron chi connectivity index (χ1n) is 12.2. The van der Waals surface area contributed by atoms with Crippen LogP contribution in [0.3, 0.4) is 0 Å². The lowest BCUT2D eigenvalue weighted by molar-refractivity contribution is -0.0761. The van der Waals surface area contributed by atoms with Gasteiger partial charge in [-0.2, -0.15) is 0 Å². The Kier molecular flexibility index (Phi) is 9.32. The van der Waals surface area contributed by atoms with Crippen molar-refractivity contribution in [3.05, 3.63) is 125 Å². The molecule has 0 heterocycles. The molecule has 0 spiro atoms. The normalized spacial score (nSPS) is 11.0. The molecule has 0 saturated heterocycles. The SMILES string of the molecule is COc1ccc(S(=O)(=O)NN(O)C(=O)c2cccc(OCc3ccc(C(=O)NO)cc3)c2)c(Cc2ccccc2)c1. The topological polar surface area (TPSA) is 154 Å². The van der Waals surface area contributed by atoms with Crippen LogP contribution in [0, 0.1) is 0 Å². The van der Waals surface area contributed by atoms with Crippen molar-refractivity contribution in [2.24, 2.45) is 0 Å². The van der Waals surface area contributed by atoms with Crippen molar-refractivity contribution in [3.8, 4) is 11.5 Å². The van der Waals surface area contributed by atoms with Gasteiger partial charge in [0.05, 0.1) is 12.0 Å². The smallest absolute Gasteiger partial charge is 0.293 e. The van der Waals surface area contributed by atoms with E-state index in [0.717, 1.165) is 5.56 Å². The molecule has 4 aromatic carbocycles. The fourth-order valence-electron chi connectivity index (χ4n) is 3.93. The van der Waals surface area contributed by atoms with Gasteiger partial charge in [0, 0.05) is 11.1 Å². The van der Waals surface area contributed by atoms with Gasteiger partial charge in [0.2, 0.25) is 0 Å². The summed E-state index contributed by atoms with van der Waals surface area (Å²) in [5.41, 5.74) is 3.74. The molecular weight excluding hydrogens is 550 g/mol.